The number of aliphatic hydroxyl groups excluding tert-OH is 1. The quantitative estimate of drug-likeness (QED) is 0.389. The van der Waals surface area contributed by atoms with Crippen molar-refractivity contribution in [3.8, 4) is 5.75 Å². The van der Waals surface area contributed by atoms with Crippen LogP contribution in [0.5, 0.6) is 5.75 Å². The molecule has 0 saturated carbocycles. The highest BCUT2D eigenvalue weighted by atomic mass is 35.5. The Labute approximate surface area is 201 Å². The third kappa shape index (κ3) is 6.07. The molecule has 1 aliphatic heterocycles. The van der Waals surface area contributed by atoms with Crippen molar-refractivity contribution in [3.05, 3.63) is 81.7 Å². The average Bonchev–Trinajstić information content (AvgIpc) is 3.13. The fourth-order valence-corrected chi connectivity index (χ4v) is 4.36. The predicted molar refractivity (Wildman–Crippen MR) is 132 cm³/mol. The molecule has 0 radical (unpaired) electrons. The largest absolute Gasteiger partial charge is 0.493 e. The van der Waals surface area contributed by atoms with Crippen molar-refractivity contribution in [1.82, 2.24) is 10.6 Å². The average molecular weight is 483 g/mol. The highest BCUT2D eigenvalue weighted by Gasteiger charge is 2.25. The lowest BCUT2D eigenvalue weighted by Crippen LogP contribution is -2.24. The van der Waals surface area contributed by atoms with Gasteiger partial charge in [0.15, 0.2) is 6.23 Å². The number of carbonyl (C=O) groups excluding carboxylic acids is 2. The molecule has 4 rings (SSSR count). The molecule has 3 aromatic carbocycles. The first-order valence-electron chi connectivity index (χ1n) is 10.5. The topological polar surface area (TPSA) is 87.7 Å². The molecule has 1 aliphatic rings. The van der Waals surface area contributed by atoms with E-state index in [1.807, 2.05) is 54.6 Å². The summed E-state index contributed by atoms with van der Waals surface area (Å²) in [4.78, 5) is 24.2. The standard InChI is InChI=1S/C25H23ClN2O4S/c26-18-10-7-16(8-11-18)15-27-23(29)6-3-13-32-21-12-9-17(19-4-1-2-5-20(19)21)14-22-24(30)28-25(31)33-22/h1-2,4-5,7-12,14,24,30H,3,6,13,15H2,(H,27,29)(H,28,31)/b22-14-. The van der Waals surface area contributed by atoms with Crippen LogP contribution in [-0.4, -0.2) is 29.1 Å². The summed E-state index contributed by atoms with van der Waals surface area (Å²) < 4.78 is 5.97. The van der Waals surface area contributed by atoms with Crippen molar-refractivity contribution < 1.29 is 19.4 Å². The van der Waals surface area contributed by atoms with Gasteiger partial charge in [0.1, 0.15) is 5.75 Å². The van der Waals surface area contributed by atoms with Gasteiger partial charge in [0.2, 0.25) is 5.91 Å². The molecular weight excluding hydrogens is 460 g/mol. The first-order chi connectivity index (χ1) is 16.0. The number of fused-ring (bicyclic) bond motifs is 1. The van der Waals surface area contributed by atoms with Crippen molar-refractivity contribution >= 4 is 51.4 Å². The summed E-state index contributed by atoms with van der Waals surface area (Å²) in [6, 6.07) is 18.9. The molecule has 1 atom stereocenters. The van der Waals surface area contributed by atoms with Crippen LogP contribution in [0.1, 0.15) is 24.0 Å². The Balaban J connectivity index is 1.33. The second-order valence-electron chi connectivity index (χ2n) is 7.54. The molecule has 2 amide bonds. The summed E-state index contributed by atoms with van der Waals surface area (Å²) in [6.07, 6.45) is 1.78. The Morgan fingerprint density at radius 1 is 1.12 bits per heavy atom. The molecule has 1 saturated heterocycles. The van der Waals surface area contributed by atoms with Crippen LogP contribution in [0.15, 0.2) is 65.6 Å². The zero-order valence-electron chi connectivity index (χ0n) is 17.7. The maximum Gasteiger partial charge on any atom is 0.285 e. The number of nitrogens with one attached hydrogen (secondary N) is 2. The molecule has 3 aromatic rings. The Kier molecular flexibility index (Phi) is 7.54. The lowest BCUT2D eigenvalue weighted by molar-refractivity contribution is -0.121. The van der Waals surface area contributed by atoms with Gasteiger partial charge in [-0.2, -0.15) is 0 Å². The number of carbonyl (C=O) groups is 2. The second kappa shape index (κ2) is 10.7. The normalized spacial score (nSPS) is 16.7. The summed E-state index contributed by atoms with van der Waals surface area (Å²) >= 11 is 6.86. The van der Waals surface area contributed by atoms with E-state index in [1.165, 1.54) is 0 Å². The van der Waals surface area contributed by atoms with Gasteiger partial charge in [-0.25, -0.2) is 0 Å². The molecule has 170 valence electrons. The molecule has 0 spiro atoms. The minimum Gasteiger partial charge on any atom is -0.493 e. The molecule has 6 nitrogen and oxygen atoms in total. The zero-order chi connectivity index (χ0) is 23.2. The van der Waals surface area contributed by atoms with Crippen LogP contribution in [0.25, 0.3) is 16.8 Å². The van der Waals surface area contributed by atoms with Gasteiger partial charge < -0.3 is 20.5 Å². The van der Waals surface area contributed by atoms with Gasteiger partial charge in [-0.05, 0) is 59.0 Å². The minimum atomic E-state index is -0.983. The van der Waals surface area contributed by atoms with Gasteiger partial charge >= 0.3 is 0 Å². The zero-order valence-corrected chi connectivity index (χ0v) is 19.3. The molecule has 0 aliphatic carbocycles. The van der Waals surface area contributed by atoms with E-state index in [2.05, 4.69) is 10.6 Å². The third-order valence-electron chi connectivity index (χ3n) is 5.16. The van der Waals surface area contributed by atoms with Gasteiger partial charge in [-0.3, -0.25) is 9.59 Å². The van der Waals surface area contributed by atoms with Crippen molar-refractivity contribution in [2.45, 2.75) is 25.6 Å². The molecule has 3 N–H and O–H groups in total. The smallest absolute Gasteiger partial charge is 0.285 e. The number of thioether (sulfide) groups is 1. The van der Waals surface area contributed by atoms with E-state index < -0.39 is 6.23 Å². The van der Waals surface area contributed by atoms with Gasteiger partial charge in [0, 0.05) is 28.3 Å². The molecular formula is C25H23ClN2O4S. The summed E-state index contributed by atoms with van der Waals surface area (Å²) in [6.45, 7) is 0.873. The summed E-state index contributed by atoms with van der Waals surface area (Å²) in [7, 11) is 0. The number of aliphatic hydroxyl groups is 1. The SMILES string of the molecule is O=C(CCCOc1ccc(/C=C2\SC(=O)NC2O)c2ccccc12)NCc1ccc(Cl)cc1. The first-order valence-corrected chi connectivity index (χ1v) is 11.7. The number of ether oxygens (including phenoxy) is 1. The van der Waals surface area contributed by atoms with Gasteiger partial charge in [-0.1, -0.05) is 54.1 Å². The molecule has 0 bridgehead atoms. The first kappa shape index (κ1) is 23.2. The summed E-state index contributed by atoms with van der Waals surface area (Å²) in [5.41, 5.74) is 1.88. The maximum atomic E-state index is 12.1. The van der Waals surface area contributed by atoms with Gasteiger partial charge in [0.25, 0.3) is 5.24 Å². The highest BCUT2D eigenvalue weighted by molar-refractivity contribution is 8.17. The van der Waals surface area contributed by atoms with Crippen LogP contribution < -0.4 is 15.4 Å². The van der Waals surface area contributed by atoms with Gasteiger partial charge in [-0.15, -0.1) is 0 Å². The number of halogens is 1. The van der Waals surface area contributed by atoms with Crippen molar-refractivity contribution in [3.63, 3.8) is 0 Å². The third-order valence-corrected chi connectivity index (χ3v) is 6.29. The number of amides is 2. The molecule has 1 fully saturated rings. The van der Waals surface area contributed by atoms with E-state index in [9.17, 15) is 14.7 Å². The predicted octanol–water partition coefficient (Wildman–Crippen LogP) is 5.08. The number of hydrogen-bond donors (Lipinski definition) is 3. The summed E-state index contributed by atoms with van der Waals surface area (Å²) in [5.74, 6) is 0.694. The monoisotopic (exact) mass is 482 g/mol. The Bertz CT molecular complexity index is 1200. The van der Waals surface area contributed by atoms with Crippen LogP contribution in [0.2, 0.25) is 5.02 Å². The lowest BCUT2D eigenvalue weighted by Gasteiger charge is -2.12. The molecule has 1 heterocycles. The van der Waals surface area contributed by atoms with E-state index in [1.54, 1.807) is 12.1 Å². The van der Waals surface area contributed by atoms with Crippen LogP contribution in [-0.2, 0) is 11.3 Å². The fraction of sp³-hybridized carbons (Fsp3) is 0.200. The van der Waals surface area contributed by atoms with Crippen molar-refractivity contribution in [1.29, 1.82) is 0 Å². The maximum absolute atomic E-state index is 12.1. The van der Waals surface area contributed by atoms with E-state index in [0.29, 0.717) is 35.9 Å². The summed E-state index contributed by atoms with van der Waals surface area (Å²) in [5, 5.41) is 17.6. The minimum absolute atomic E-state index is 0.0313. The van der Waals surface area contributed by atoms with Crippen LogP contribution in [0.3, 0.4) is 0 Å². The Hall–Kier alpha value is -3.00. The van der Waals surface area contributed by atoms with Crippen LogP contribution >= 0.6 is 23.4 Å². The van der Waals surface area contributed by atoms with Crippen molar-refractivity contribution in [2.75, 3.05) is 6.61 Å². The second-order valence-corrected chi connectivity index (χ2v) is 9.02. The van der Waals surface area contributed by atoms with E-state index >= 15 is 0 Å². The van der Waals surface area contributed by atoms with E-state index in [-0.39, 0.29) is 11.1 Å². The molecule has 1 unspecified atom stereocenters. The van der Waals surface area contributed by atoms with Crippen molar-refractivity contribution in [2.24, 2.45) is 0 Å². The Morgan fingerprint density at radius 2 is 1.88 bits per heavy atom. The number of benzene rings is 3. The van der Waals surface area contributed by atoms with Crippen LogP contribution in [0.4, 0.5) is 4.79 Å². The molecule has 0 aromatic heterocycles. The van der Waals surface area contributed by atoms with E-state index in [4.69, 9.17) is 16.3 Å². The highest BCUT2D eigenvalue weighted by Crippen LogP contribution is 2.33. The van der Waals surface area contributed by atoms with Crippen LogP contribution in [0, 0.1) is 0 Å². The fourth-order valence-electron chi connectivity index (χ4n) is 3.49. The molecule has 33 heavy (non-hydrogen) atoms. The molecule has 8 heteroatoms. The Morgan fingerprint density at radius 3 is 2.61 bits per heavy atom. The van der Waals surface area contributed by atoms with E-state index in [0.717, 1.165) is 39.4 Å². The number of rotatable bonds is 8. The lowest BCUT2D eigenvalue weighted by atomic mass is 10.0. The number of hydrogen-bond acceptors (Lipinski definition) is 5. The van der Waals surface area contributed by atoms with Gasteiger partial charge in [0.05, 0.1) is 6.61 Å².